The van der Waals surface area contributed by atoms with Crippen LogP contribution in [0.25, 0.3) is 0 Å². The fraction of sp³-hybridized carbons (Fsp3) is 0.533. The maximum absolute atomic E-state index is 12.8. The molecule has 0 fully saturated rings. The van der Waals surface area contributed by atoms with Crippen LogP contribution in [-0.2, 0) is 16.0 Å². The molecule has 1 aromatic carbocycles. The van der Waals surface area contributed by atoms with Crippen LogP contribution in [0.15, 0.2) is 24.3 Å². The van der Waals surface area contributed by atoms with Crippen molar-refractivity contribution in [3.63, 3.8) is 0 Å². The number of amides is 1. The van der Waals surface area contributed by atoms with Gasteiger partial charge >= 0.3 is 0 Å². The molecule has 1 amide bonds. The normalized spacial score (nSPS) is 12.5. The minimum absolute atomic E-state index is 0.0263. The average molecular weight is 267 g/mol. The van der Waals surface area contributed by atoms with Crippen molar-refractivity contribution in [2.45, 2.75) is 33.2 Å². The molecule has 1 unspecified atom stereocenters. The van der Waals surface area contributed by atoms with E-state index in [1.165, 1.54) is 12.1 Å². The summed E-state index contributed by atoms with van der Waals surface area (Å²) in [5.41, 5.74) is 1.01. The van der Waals surface area contributed by atoms with Gasteiger partial charge in [0.2, 0.25) is 5.91 Å². The lowest BCUT2D eigenvalue weighted by Gasteiger charge is -2.22. The molecule has 0 bridgehead atoms. The van der Waals surface area contributed by atoms with E-state index >= 15 is 0 Å². The minimum atomic E-state index is -0.245. The van der Waals surface area contributed by atoms with Crippen LogP contribution >= 0.6 is 0 Å². The molecule has 106 valence electrons. The van der Waals surface area contributed by atoms with Crippen molar-refractivity contribution < 1.29 is 13.9 Å². The zero-order chi connectivity index (χ0) is 14.3. The Morgan fingerprint density at radius 1 is 1.32 bits per heavy atom. The third-order valence-electron chi connectivity index (χ3n) is 2.96. The maximum atomic E-state index is 12.8. The Hall–Kier alpha value is -1.42. The number of carbonyl (C=O) groups excluding carboxylic acids is 1. The minimum Gasteiger partial charge on any atom is -0.372 e. The number of carbonyl (C=O) groups is 1. The molecule has 0 spiro atoms. The molecule has 0 aromatic heterocycles. The van der Waals surface area contributed by atoms with Gasteiger partial charge in [0.25, 0.3) is 0 Å². The Morgan fingerprint density at radius 3 is 2.47 bits per heavy atom. The van der Waals surface area contributed by atoms with Crippen LogP contribution in [0.5, 0.6) is 0 Å². The van der Waals surface area contributed by atoms with Gasteiger partial charge < -0.3 is 10.1 Å². The molecule has 0 aliphatic carbocycles. The molecule has 0 aliphatic rings. The lowest BCUT2D eigenvalue weighted by atomic mass is 9.96. The predicted molar refractivity (Wildman–Crippen MR) is 73.4 cm³/mol. The smallest absolute Gasteiger partial charge is 0.246 e. The van der Waals surface area contributed by atoms with E-state index in [1.807, 2.05) is 6.92 Å². The number of hydrogen-bond acceptors (Lipinski definition) is 2. The first-order chi connectivity index (χ1) is 9.02. The first-order valence-corrected chi connectivity index (χ1v) is 6.64. The van der Waals surface area contributed by atoms with Crippen LogP contribution in [0.1, 0.15) is 26.3 Å². The maximum Gasteiger partial charge on any atom is 0.246 e. The molecule has 0 saturated carbocycles. The van der Waals surface area contributed by atoms with Gasteiger partial charge in [-0.05, 0) is 37.0 Å². The topological polar surface area (TPSA) is 38.3 Å². The van der Waals surface area contributed by atoms with Gasteiger partial charge in [0, 0.05) is 12.6 Å². The molecule has 1 rings (SSSR count). The van der Waals surface area contributed by atoms with Crippen molar-refractivity contribution in [3.8, 4) is 0 Å². The highest BCUT2D eigenvalue weighted by molar-refractivity contribution is 5.77. The highest BCUT2D eigenvalue weighted by Crippen LogP contribution is 2.11. The Bertz CT molecular complexity index is 390. The number of benzene rings is 1. The lowest BCUT2D eigenvalue weighted by Crippen LogP contribution is -2.41. The average Bonchev–Trinajstić information content (AvgIpc) is 2.38. The highest BCUT2D eigenvalue weighted by atomic mass is 19.1. The third-order valence-corrected chi connectivity index (χ3v) is 2.96. The van der Waals surface area contributed by atoms with Crippen molar-refractivity contribution in [1.82, 2.24) is 5.32 Å². The number of rotatable bonds is 7. The second-order valence-electron chi connectivity index (χ2n) is 4.89. The Labute approximate surface area is 114 Å². The van der Waals surface area contributed by atoms with Gasteiger partial charge in [0.05, 0.1) is 0 Å². The van der Waals surface area contributed by atoms with E-state index < -0.39 is 0 Å². The van der Waals surface area contributed by atoms with Crippen molar-refractivity contribution in [2.24, 2.45) is 5.92 Å². The van der Waals surface area contributed by atoms with Crippen LogP contribution in [0.4, 0.5) is 4.39 Å². The summed E-state index contributed by atoms with van der Waals surface area (Å²) in [6, 6.07) is 6.40. The van der Waals surface area contributed by atoms with E-state index in [2.05, 4.69) is 19.2 Å². The van der Waals surface area contributed by atoms with Gasteiger partial charge in [-0.1, -0.05) is 26.0 Å². The Morgan fingerprint density at radius 2 is 1.95 bits per heavy atom. The number of halogens is 1. The number of ether oxygens (including phenoxy) is 1. The summed E-state index contributed by atoms with van der Waals surface area (Å²) in [7, 11) is 0. The van der Waals surface area contributed by atoms with Gasteiger partial charge in [-0.2, -0.15) is 0 Å². The monoisotopic (exact) mass is 267 g/mol. The molecule has 19 heavy (non-hydrogen) atoms. The van der Waals surface area contributed by atoms with Crippen molar-refractivity contribution in [3.05, 3.63) is 35.6 Å². The number of nitrogens with one attached hydrogen (secondary N) is 1. The Kier molecular flexibility index (Phi) is 6.50. The molecule has 0 radical (unpaired) electrons. The standard InChI is InChI=1S/C15H22FNO2/c1-4-19-10-15(18)17-14(11(2)3)9-12-5-7-13(16)8-6-12/h5-8,11,14H,4,9-10H2,1-3H3,(H,17,18). The first kappa shape index (κ1) is 15.6. The fourth-order valence-corrected chi connectivity index (χ4v) is 1.77. The third kappa shape index (κ3) is 5.83. The molecule has 0 aliphatic heterocycles. The second-order valence-corrected chi connectivity index (χ2v) is 4.89. The SMILES string of the molecule is CCOCC(=O)NC(Cc1ccc(F)cc1)C(C)C. The quantitative estimate of drug-likeness (QED) is 0.824. The van der Waals surface area contributed by atoms with E-state index in [4.69, 9.17) is 4.74 Å². The van der Waals surface area contributed by atoms with E-state index in [9.17, 15) is 9.18 Å². The zero-order valence-corrected chi connectivity index (χ0v) is 11.8. The first-order valence-electron chi connectivity index (χ1n) is 6.64. The zero-order valence-electron chi connectivity index (χ0n) is 11.8. The van der Waals surface area contributed by atoms with Crippen LogP contribution in [-0.4, -0.2) is 25.2 Å². The summed E-state index contributed by atoms with van der Waals surface area (Å²) >= 11 is 0. The van der Waals surface area contributed by atoms with Crippen molar-refractivity contribution in [2.75, 3.05) is 13.2 Å². The molecular weight excluding hydrogens is 245 g/mol. The summed E-state index contributed by atoms with van der Waals surface area (Å²) in [5.74, 6) is -0.0523. The lowest BCUT2D eigenvalue weighted by molar-refractivity contribution is -0.126. The molecule has 3 nitrogen and oxygen atoms in total. The van der Waals surface area contributed by atoms with Crippen LogP contribution in [0.3, 0.4) is 0 Å². The van der Waals surface area contributed by atoms with Gasteiger partial charge in [-0.15, -0.1) is 0 Å². The molecule has 1 aromatic rings. The molecule has 0 heterocycles. The molecule has 1 atom stereocenters. The van der Waals surface area contributed by atoms with E-state index in [0.717, 1.165) is 5.56 Å². The van der Waals surface area contributed by atoms with E-state index in [0.29, 0.717) is 18.9 Å². The van der Waals surface area contributed by atoms with Crippen LogP contribution in [0, 0.1) is 11.7 Å². The van der Waals surface area contributed by atoms with Crippen molar-refractivity contribution in [1.29, 1.82) is 0 Å². The molecule has 0 saturated heterocycles. The van der Waals surface area contributed by atoms with Crippen molar-refractivity contribution >= 4 is 5.91 Å². The largest absolute Gasteiger partial charge is 0.372 e. The second kappa shape index (κ2) is 7.89. The van der Waals surface area contributed by atoms with E-state index in [1.54, 1.807) is 12.1 Å². The summed E-state index contributed by atoms with van der Waals surface area (Å²) < 4.78 is 17.9. The predicted octanol–water partition coefficient (Wildman–Crippen LogP) is 2.55. The van der Waals surface area contributed by atoms with Gasteiger partial charge in [0.15, 0.2) is 0 Å². The number of hydrogen-bond donors (Lipinski definition) is 1. The highest BCUT2D eigenvalue weighted by Gasteiger charge is 2.16. The van der Waals surface area contributed by atoms with Crippen LogP contribution < -0.4 is 5.32 Å². The Balaban J connectivity index is 2.57. The van der Waals surface area contributed by atoms with Crippen LogP contribution in [0.2, 0.25) is 0 Å². The van der Waals surface area contributed by atoms with Gasteiger partial charge in [0.1, 0.15) is 12.4 Å². The summed E-state index contributed by atoms with van der Waals surface area (Å²) in [4.78, 5) is 11.7. The van der Waals surface area contributed by atoms with E-state index in [-0.39, 0.29) is 24.4 Å². The summed E-state index contributed by atoms with van der Waals surface area (Å²) in [5, 5.41) is 2.96. The molecule has 4 heteroatoms. The summed E-state index contributed by atoms with van der Waals surface area (Å²) in [6.45, 7) is 6.57. The fourth-order valence-electron chi connectivity index (χ4n) is 1.77. The summed E-state index contributed by atoms with van der Waals surface area (Å²) in [6.07, 6.45) is 0.690. The van der Waals surface area contributed by atoms with Gasteiger partial charge in [-0.3, -0.25) is 4.79 Å². The molecule has 1 N–H and O–H groups in total. The molecular formula is C15H22FNO2. The van der Waals surface area contributed by atoms with Gasteiger partial charge in [-0.25, -0.2) is 4.39 Å².